The van der Waals surface area contributed by atoms with Gasteiger partial charge in [0.25, 0.3) is 0 Å². The zero-order chi connectivity index (χ0) is 14.8. The second kappa shape index (κ2) is 5.36. The summed E-state index contributed by atoms with van der Waals surface area (Å²) in [5, 5.41) is 9.52. The number of hydrogen-bond acceptors (Lipinski definition) is 2. The maximum Gasteiger partial charge on any atom is 0.324 e. The van der Waals surface area contributed by atoms with E-state index in [9.17, 15) is 4.79 Å². The standard InChI is InChI=1S/C15H20N4O/c1-15(2,3)11-5-7-12(8-6-11)17-14(20)18-13-9-10-16-19(13)4/h5-10H,1-4H3,(H2,17,18,20). The molecule has 2 amide bonds. The lowest BCUT2D eigenvalue weighted by Gasteiger charge is -2.19. The van der Waals surface area contributed by atoms with Gasteiger partial charge in [-0.3, -0.25) is 10.00 Å². The third kappa shape index (κ3) is 3.38. The van der Waals surface area contributed by atoms with Gasteiger partial charge < -0.3 is 5.32 Å². The third-order valence-corrected chi connectivity index (χ3v) is 3.07. The van der Waals surface area contributed by atoms with Crippen molar-refractivity contribution in [2.45, 2.75) is 26.2 Å². The number of anilines is 2. The minimum atomic E-state index is -0.280. The number of urea groups is 1. The van der Waals surface area contributed by atoms with Crippen LogP contribution in [0, 0.1) is 0 Å². The Bertz CT molecular complexity index is 593. The van der Waals surface area contributed by atoms with Crippen LogP contribution in [-0.4, -0.2) is 15.8 Å². The molecule has 2 aromatic rings. The number of aromatic nitrogens is 2. The molecule has 0 fully saturated rings. The highest BCUT2D eigenvalue weighted by atomic mass is 16.2. The average molecular weight is 272 g/mol. The van der Waals surface area contributed by atoms with Gasteiger partial charge in [0.05, 0.1) is 6.20 Å². The predicted octanol–water partition coefficient (Wildman–Crippen LogP) is 3.36. The Hall–Kier alpha value is -2.30. The number of carbonyl (C=O) groups is 1. The molecular weight excluding hydrogens is 252 g/mol. The highest BCUT2D eigenvalue weighted by Crippen LogP contribution is 2.23. The van der Waals surface area contributed by atoms with E-state index in [4.69, 9.17) is 0 Å². The molecule has 0 bridgehead atoms. The molecule has 0 saturated carbocycles. The van der Waals surface area contributed by atoms with E-state index >= 15 is 0 Å². The highest BCUT2D eigenvalue weighted by molar-refractivity contribution is 5.99. The summed E-state index contributed by atoms with van der Waals surface area (Å²) in [6.07, 6.45) is 1.63. The van der Waals surface area contributed by atoms with Crippen LogP contribution in [0.4, 0.5) is 16.3 Å². The molecule has 0 aliphatic carbocycles. The van der Waals surface area contributed by atoms with Gasteiger partial charge in [0.2, 0.25) is 0 Å². The Labute approximate surface area is 119 Å². The molecule has 0 spiro atoms. The van der Waals surface area contributed by atoms with Crippen molar-refractivity contribution in [1.82, 2.24) is 9.78 Å². The van der Waals surface area contributed by atoms with Crippen molar-refractivity contribution < 1.29 is 4.79 Å². The van der Waals surface area contributed by atoms with E-state index in [-0.39, 0.29) is 11.4 Å². The van der Waals surface area contributed by atoms with Crippen LogP contribution < -0.4 is 10.6 Å². The number of rotatable bonds is 2. The highest BCUT2D eigenvalue weighted by Gasteiger charge is 2.13. The van der Waals surface area contributed by atoms with Crippen molar-refractivity contribution in [3.63, 3.8) is 0 Å². The molecule has 1 heterocycles. The second-order valence-corrected chi connectivity index (χ2v) is 5.75. The number of carbonyl (C=O) groups excluding carboxylic acids is 1. The van der Waals surface area contributed by atoms with Crippen molar-refractivity contribution >= 4 is 17.5 Å². The first-order valence-electron chi connectivity index (χ1n) is 6.53. The first kappa shape index (κ1) is 14.1. The molecule has 0 saturated heterocycles. The fourth-order valence-corrected chi connectivity index (χ4v) is 1.83. The zero-order valence-corrected chi connectivity index (χ0v) is 12.3. The molecule has 5 heteroatoms. The van der Waals surface area contributed by atoms with Crippen molar-refractivity contribution in [1.29, 1.82) is 0 Å². The quantitative estimate of drug-likeness (QED) is 0.880. The van der Waals surface area contributed by atoms with Crippen LogP contribution in [0.3, 0.4) is 0 Å². The molecule has 1 aromatic carbocycles. The van der Waals surface area contributed by atoms with Crippen LogP contribution in [0.15, 0.2) is 36.5 Å². The van der Waals surface area contributed by atoms with Crippen molar-refractivity contribution in [2.75, 3.05) is 10.6 Å². The molecule has 2 N–H and O–H groups in total. The summed E-state index contributed by atoms with van der Waals surface area (Å²) < 4.78 is 1.60. The molecule has 2 rings (SSSR count). The molecule has 0 radical (unpaired) electrons. The van der Waals surface area contributed by atoms with E-state index in [1.54, 1.807) is 24.0 Å². The minimum Gasteiger partial charge on any atom is -0.308 e. The van der Waals surface area contributed by atoms with E-state index in [1.807, 2.05) is 24.3 Å². The van der Waals surface area contributed by atoms with Gasteiger partial charge in [-0.15, -0.1) is 0 Å². The fraction of sp³-hybridized carbons (Fsp3) is 0.333. The lowest BCUT2D eigenvalue weighted by atomic mass is 9.87. The number of nitrogens with one attached hydrogen (secondary N) is 2. The largest absolute Gasteiger partial charge is 0.324 e. The summed E-state index contributed by atoms with van der Waals surface area (Å²) in [5.74, 6) is 0.647. The van der Waals surface area contributed by atoms with E-state index in [1.165, 1.54) is 5.56 Å². The van der Waals surface area contributed by atoms with Crippen LogP contribution in [0.5, 0.6) is 0 Å². The van der Waals surface area contributed by atoms with E-state index < -0.39 is 0 Å². The topological polar surface area (TPSA) is 59.0 Å². The first-order chi connectivity index (χ1) is 9.36. The molecule has 0 atom stereocenters. The number of amides is 2. The Morgan fingerprint density at radius 3 is 2.25 bits per heavy atom. The first-order valence-corrected chi connectivity index (χ1v) is 6.53. The number of aryl methyl sites for hydroxylation is 1. The molecule has 0 unspecified atom stereocenters. The maximum absolute atomic E-state index is 11.9. The van der Waals surface area contributed by atoms with Gasteiger partial charge in [-0.2, -0.15) is 5.10 Å². The number of nitrogens with zero attached hydrogens (tertiary/aromatic N) is 2. The summed E-state index contributed by atoms with van der Waals surface area (Å²) >= 11 is 0. The van der Waals surface area contributed by atoms with Gasteiger partial charge in [0.15, 0.2) is 0 Å². The molecule has 5 nitrogen and oxygen atoms in total. The van der Waals surface area contributed by atoms with Crippen LogP contribution in [0.1, 0.15) is 26.3 Å². The van der Waals surface area contributed by atoms with Gasteiger partial charge in [-0.05, 0) is 23.1 Å². The van der Waals surface area contributed by atoms with Crippen LogP contribution in [0.25, 0.3) is 0 Å². The van der Waals surface area contributed by atoms with Gasteiger partial charge in [0, 0.05) is 18.8 Å². The Balaban J connectivity index is 2.00. The summed E-state index contributed by atoms with van der Waals surface area (Å²) in [7, 11) is 1.77. The smallest absolute Gasteiger partial charge is 0.308 e. The van der Waals surface area contributed by atoms with Crippen LogP contribution in [0.2, 0.25) is 0 Å². The predicted molar refractivity (Wildman–Crippen MR) is 81.0 cm³/mol. The molecule has 0 aliphatic rings. The van der Waals surface area contributed by atoms with Crippen molar-refractivity contribution in [3.8, 4) is 0 Å². The summed E-state index contributed by atoms with van der Waals surface area (Å²) in [6.45, 7) is 6.47. The minimum absolute atomic E-state index is 0.107. The molecular formula is C15H20N4O. The lowest BCUT2D eigenvalue weighted by molar-refractivity contribution is 0.262. The Kier molecular flexibility index (Phi) is 3.79. The van der Waals surface area contributed by atoms with Gasteiger partial charge in [-0.25, -0.2) is 4.79 Å². The van der Waals surface area contributed by atoms with Crippen LogP contribution >= 0.6 is 0 Å². The molecule has 1 aromatic heterocycles. The lowest BCUT2D eigenvalue weighted by Crippen LogP contribution is -2.21. The van der Waals surface area contributed by atoms with Gasteiger partial charge >= 0.3 is 6.03 Å². The Morgan fingerprint density at radius 2 is 1.75 bits per heavy atom. The monoisotopic (exact) mass is 272 g/mol. The summed E-state index contributed by atoms with van der Waals surface area (Å²) in [6, 6.07) is 9.33. The van der Waals surface area contributed by atoms with E-state index in [0.717, 1.165) is 5.69 Å². The molecule has 20 heavy (non-hydrogen) atoms. The molecule has 106 valence electrons. The normalized spacial score (nSPS) is 11.2. The van der Waals surface area contributed by atoms with Gasteiger partial charge in [0.1, 0.15) is 5.82 Å². The average Bonchev–Trinajstić information content (AvgIpc) is 2.74. The number of benzene rings is 1. The van der Waals surface area contributed by atoms with Gasteiger partial charge in [-0.1, -0.05) is 32.9 Å². The molecule has 0 aliphatic heterocycles. The van der Waals surface area contributed by atoms with E-state index in [2.05, 4.69) is 36.5 Å². The maximum atomic E-state index is 11.9. The van der Waals surface area contributed by atoms with Crippen molar-refractivity contribution in [2.24, 2.45) is 7.05 Å². The second-order valence-electron chi connectivity index (χ2n) is 5.75. The Morgan fingerprint density at radius 1 is 1.10 bits per heavy atom. The van der Waals surface area contributed by atoms with E-state index in [0.29, 0.717) is 5.82 Å². The summed E-state index contributed by atoms with van der Waals surface area (Å²) in [5.41, 5.74) is 2.10. The SMILES string of the molecule is Cn1nccc1NC(=O)Nc1ccc(C(C)(C)C)cc1. The number of hydrogen-bond donors (Lipinski definition) is 2. The third-order valence-electron chi connectivity index (χ3n) is 3.07. The van der Waals surface area contributed by atoms with Crippen molar-refractivity contribution in [3.05, 3.63) is 42.1 Å². The fourth-order valence-electron chi connectivity index (χ4n) is 1.83. The van der Waals surface area contributed by atoms with Crippen LogP contribution in [-0.2, 0) is 12.5 Å². The zero-order valence-electron chi connectivity index (χ0n) is 12.3. The summed E-state index contributed by atoms with van der Waals surface area (Å²) in [4.78, 5) is 11.9.